The standard InChI is InChI=1S/C23H21N5O/c1-15-9-18(13-24-12-15)23(29)28-19-6-3-5-17(10-19)16(2)27-20-11-22-21(26-14-20)7-4-8-25-22/h3-14,16,27H,1-2H3,(H,28,29). The summed E-state index contributed by atoms with van der Waals surface area (Å²) in [6, 6.07) is 15.4. The lowest BCUT2D eigenvalue weighted by molar-refractivity contribution is 0.102. The van der Waals surface area contributed by atoms with Crippen LogP contribution >= 0.6 is 0 Å². The first kappa shape index (κ1) is 18.6. The highest BCUT2D eigenvalue weighted by Gasteiger charge is 2.10. The van der Waals surface area contributed by atoms with Crippen molar-refractivity contribution in [3.05, 3.63) is 90.0 Å². The van der Waals surface area contributed by atoms with E-state index in [1.807, 2.05) is 55.5 Å². The molecule has 4 rings (SSSR count). The summed E-state index contributed by atoms with van der Waals surface area (Å²) in [4.78, 5) is 25.3. The third-order valence-electron chi connectivity index (χ3n) is 4.62. The highest BCUT2D eigenvalue weighted by Crippen LogP contribution is 2.23. The molecule has 6 nitrogen and oxygen atoms in total. The molecule has 0 radical (unpaired) electrons. The second-order valence-corrected chi connectivity index (χ2v) is 6.96. The zero-order valence-corrected chi connectivity index (χ0v) is 16.3. The average Bonchev–Trinajstić information content (AvgIpc) is 2.74. The first-order chi connectivity index (χ1) is 14.1. The van der Waals surface area contributed by atoms with E-state index in [-0.39, 0.29) is 11.9 Å². The highest BCUT2D eigenvalue weighted by molar-refractivity contribution is 6.04. The quantitative estimate of drug-likeness (QED) is 0.519. The first-order valence-corrected chi connectivity index (χ1v) is 9.39. The number of nitrogens with one attached hydrogen (secondary N) is 2. The van der Waals surface area contributed by atoms with E-state index in [2.05, 4.69) is 32.5 Å². The third-order valence-corrected chi connectivity index (χ3v) is 4.62. The molecule has 0 aliphatic rings. The number of anilines is 2. The minimum absolute atomic E-state index is 0.0236. The molecule has 4 aromatic rings. The lowest BCUT2D eigenvalue weighted by Gasteiger charge is -2.17. The van der Waals surface area contributed by atoms with Crippen LogP contribution in [0.15, 0.2) is 73.3 Å². The normalized spacial score (nSPS) is 11.8. The van der Waals surface area contributed by atoms with Gasteiger partial charge in [-0.3, -0.25) is 19.7 Å². The number of hydrogen-bond acceptors (Lipinski definition) is 5. The molecule has 29 heavy (non-hydrogen) atoms. The van der Waals surface area contributed by atoms with E-state index in [9.17, 15) is 4.79 Å². The minimum atomic E-state index is -0.177. The van der Waals surface area contributed by atoms with Crippen LogP contribution in [0.4, 0.5) is 11.4 Å². The van der Waals surface area contributed by atoms with Gasteiger partial charge in [-0.25, -0.2) is 0 Å². The van der Waals surface area contributed by atoms with Crippen molar-refractivity contribution in [1.29, 1.82) is 0 Å². The van der Waals surface area contributed by atoms with E-state index < -0.39 is 0 Å². The van der Waals surface area contributed by atoms with Crippen molar-refractivity contribution in [2.45, 2.75) is 19.9 Å². The van der Waals surface area contributed by atoms with E-state index in [1.54, 1.807) is 24.8 Å². The summed E-state index contributed by atoms with van der Waals surface area (Å²) in [7, 11) is 0. The van der Waals surface area contributed by atoms with E-state index in [0.717, 1.165) is 33.5 Å². The Morgan fingerprint density at radius 3 is 2.69 bits per heavy atom. The number of amides is 1. The Morgan fingerprint density at radius 2 is 1.83 bits per heavy atom. The van der Waals surface area contributed by atoms with E-state index >= 15 is 0 Å². The maximum atomic E-state index is 12.5. The third kappa shape index (κ3) is 4.38. The topological polar surface area (TPSA) is 79.8 Å². The van der Waals surface area contributed by atoms with Gasteiger partial charge in [0.25, 0.3) is 5.91 Å². The van der Waals surface area contributed by atoms with Gasteiger partial charge < -0.3 is 10.6 Å². The minimum Gasteiger partial charge on any atom is -0.377 e. The van der Waals surface area contributed by atoms with Crippen LogP contribution in [0.3, 0.4) is 0 Å². The Hall–Kier alpha value is -3.80. The van der Waals surface area contributed by atoms with Crippen molar-refractivity contribution in [2.24, 2.45) is 0 Å². The van der Waals surface area contributed by atoms with Crippen LogP contribution < -0.4 is 10.6 Å². The molecule has 1 aromatic carbocycles. The number of carbonyl (C=O) groups excluding carboxylic acids is 1. The summed E-state index contributed by atoms with van der Waals surface area (Å²) in [5.74, 6) is -0.177. The summed E-state index contributed by atoms with van der Waals surface area (Å²) in [5, 5.41) is 6.38. The Kier molecular flexibility index (Phi) is 5.16. The van der Waals surface area contributed by atoms with Gasteiger partial charge in [-0.2, -0.15) is 0 Å². The van der Waals surface area contributed by atoms with Crippen LogP contribution in [0.2, 0.25) is 0 Å². The molecule has 1 amide bonds. The lowest BCUT2D eigenvalue weighted by Crippen LogP contribution is -2.13. The molecule has 0 aliphatic carbocycles. The molecule has 3 aromatic heterocycles. The molecule has 0 saturated carbocycles. The predicted octanol–water partition coefficient (Wildman–Crippen LogP) is 4.76. The van der Waals surface area contributed by atoms with Crippen molar-refractivity contribution < 1.29 is 4.79 Å². The number of hydrogen-bond donors (Lipinski definition) is 2. The molecule has 0 fully saturated rings. The smallest absolute Gasteiger partial charge is 0.257 e. The van der Waals surface area contributed by atoms with Crippen molar-refractivity contribution in [2.75, 3.05) is 10.6 Å². The number of aromatic nitrogens is 3. The SMILES string of the molecule is Cc1cncc(C(=O)Nc2cccc(C(C)Nc3cnc4cccnc4c3)c2)c1. The Morgan fingerprint density at radius 1 is 0.931 bits per heavy atom. The Labute approximate surface area is 169 Å². The van der Waals surface area contributed by atoms with Gasteiger partial charge in [-0.05, 0) is 61.4 Å². The summed E-state index contributed by atoms with van der Waals surface area (Å²) < 4.78 is 0. The van der Waals surface area contributed by atoms with Gasteiger partial charge in [0.15, 0.2) is 0 Å². The Bertz CT molecular complexity index is 1170. The number of fused-ring (bicyclic) bond motifs is 1. The van der Waals surface area contributed by atoms with Gasteiger partial charge in [0, 0.05) is 30.3 Å². The van der Waals surface area contributed by atoms with Crippen molar-refractivity contribution >= 4 is 28.3 Å². The maximum Gasteiger partial charge on any atom is 0.257 e. The van der Waals surface area contributed by atoms with Crippen molar-refractivity contribution in [3.63, 3.8) is 0 Å². The van der Waals surface area contributed by atoms with Gasteiger partial charge in [-0.15, -0.1) is 0 Å². The summed E-state index contributed by atoms with van der Waals surface area (Å²) >= 11 is 0. The fraction of sp³-hybridized carbons (Fsp3) is 0.130. The molecular weight excluding hydrogens is 362 g/mol. The number of carbonyl (C=O) groups is 1. The first-order valence-electron chi connectivity index (χ1n) is 9.39. The molecule has 6 heteroatoms. The molecule has 0 aliphatic heterocycles. The maximum absolute atomic E-state index is 12.5. The Balaban J connectivity index is 1.49. The van der Waals surface area contributed by atoms with Crippen LogP contribution in [-0.4, -0.2) is 20.9 Å². The summed E-state index contributed by atoms with van der Waals surface area (Å²) in [6.45, 7) is 3.98. The molecule has 0 spiro atoms. The van der Waals surface area contributed by atoms with E-state index in [0.29, 0.717) is 5.56 Å². The number of benzene rings is 1. The van der Waals surface area contributed by atoms with Gasteiger partial charge >= 0.3 is 0 Å². The molecule has 0 saturated heterocycles. The lowest BCUT2D eigenvalue weighted by atomic mass is 10.1. The molecular formula is C23H21N5O. The second kappa shape index (κ2) is 8.06. The van der Waals surface area contributed by atoms with Gasteiger partial charge in [-0.1, -0.05) is 12.1 Å². The van der Waals surface area contributed by atoms with Crippen LogP contribution in [0, 0.1) is 6.92 Å². The molecule has 1 unspecified atom stereocenters. The number of nitrogens with zero attached hydrogens (tertiary/aromatic N) is 3. The molecule has 0 bridgehead atoms. The van der Waals surface area contributed by atoms with Gasteiger partial charge in [0.05, 0.1) is 28.5 Å². The van der Waals surface area contributed by atoms with Gasteiger partial charge in [0.1, 0.15) is 0 Å². The fourth-order valence-corrected chi connectivity index (χ4v) is 3.13. The molecule has 144 valence electrons. The van der Waals surface area contributed by atoms with Crippen LogP contribution in [0.25, 0.3) is 11.0 Å². The number of pyridine rings is 3. The summed E-state index contributed by atoms with van der Waals surface area (Å²) in [6.07, 6.45) is 6.85. The van der Waals surface area contributed by atoms with Crippen LogP contribution in [-0.2, 0) is 0 Å². The second-order valence-electron chi connectivity index (χ2n) is 6.96. The zero-order valence-electron chi connectivity index (χ0n) is 16.3. The average molecular weight is 383 g/mol. The molecule has 2 N–H and O–H groups in total. The van der Waals surface area contributed by atoms with Crippen LogP contribution in [0.5, 0.6) is 0 Å². The summed E-state index contributed by atoms with van der Waals surface area (Å²) in [5.41, 5.74) is 5.87. The fourth-order valence-electron chi connectivity index (χ4n) is 3.13. The largest absolute Gasteiger partial charge is 0.377 e. The molecule has 1 atom stereocenters. The van der Waals surface area contributed by atoms with E-state index in [1.165, 1.54) is 0 Å². The van der Waals surface area contributed by atoms with Gasteiger partial charge in [0.2, 0.25) is 0 Å². The number of aryl methyl sites for hydroxylation is 1. The van der Waals surface area contributed by atoms with Crippen LogP contribution in [0.1, 0.15) is 34.5 Å². The monoisotopic (exact) mass is 383 g/mol. The number of rotatable bonds is 5. The van der Waals surface area contributed by atoms with Crippen molar-refractivity contribution in [1.82, 2.24) is 15.0 Å². The molecule has 3 heterocycles. The highest BCUT2D eigenvalue weighted by atomic mass is 16.1. The van der Waals surface area contributed by atoms with E-state index in [4.69, 9.17) is 0 Å². The zero-order chi connectivity index (χ0) is 20.2. The predicted molar refractivity (Wildman–Crippen MR) is 115 cm³/mol. The van der Waals surface area contributed by atoms with Crippen molar-refractivity contribution in [3.8, 4) is 0 Å².